The van der Waals surface area contributed by atoms with Crippen molar-refractivity contribution in [2.75, 3.05) is 13.6 Å². The van der Waals surface area contributed by atoms with E-state index in [0.717, 1.165) is 0 Å². The van der Waals surface area contributed by atoms with E-state index in [2.05, 4.69) is 18.9 Å². The molecule has 0 bridgehead atoms. The molecule has 1 aliphatic carbocycles. The van der Waals surface area contributed by atoms with Gasteiger partial charge in [0.1, 0.15) is 0 Å². The first-order valence-electron chi connectivity index (χ1n) is 5.09. The number of nitrogens with zero attached hydrogens (tertiary/aromatic N) is 1. The van der Waals surface area contributed by atoms with Crippen LogP contribution in [0.4, 0.5) is 0 Å². The van der Waals surface area contributed by atoms with Crippen molar-refractivity contribution < 1.29 is 0 Å². The minimum absolute atomic E-state index is 0.431. The van der Waals surface area contributed by atoms with Crippen molar-refractivity contribution in [3.8, 4) is 0 Å². The molecule has 1 saturated heterocycles. The van der Waals surface area contributed by atoms with Crippen LogP contribution in [0.3, 0.4) is 0 Å². The summed E-state index contributed by atoms with van der Waals surface area (Å²) < 4.78 is 0. The van der Waals surface area contributed by atoms with Gasteiger partial charge >= 0.3 is 0 Å². The van der Waals surface area contributed by atoms with E-state index in [-0.39, 0.29) is 0 Å². The van der Waals surface area contributed by atoms with Crippen molar-refractivity contribution in [2.45, 2.75) is 44.7 Å². The molecule has 12 heavy (non-hydrogen) atoms. The molecule has 2 rings (SSSR count). The summed E-state index contributed by atoms with van der Waals surface area (Å²) in [6, 6.07) is 1.09. The Labute approximate surface area is 75.1 Å². The van der Waals surface area contributed by atoms with Gasteiger partial charge in [-0.2, -0.15) is 0 Å². The quantitative estimate of drug-likeness (QED) is 0.637. The molecule has 1 heterocycles. The first-order chi connectivity index (χ1) is 5.63. The number of nitrogens with two attached hydrogens (primary N) is 1. The first kappa shape index (κ1) is 8.52. The largest absolute Gasteiger partial charge is 0.326 e. The molecule has 0 aromatic heterocycles. The second kappa shape index (κ2) is 2.71. The Balaban J connectivity index is 2.10. The molecule has 2 atom stereocenters. The van der Waals surface area contributed by atoms with Gasteiger partial charge in [-0.25, -0.2) is 0 Å². The summed E-state index contributed by atoms with van der Waals surface area (Å²) in [7, 11) is 2.22. The second-order valence-electron chi connectivity index (χ2n) is 4.89. The Morgan fingerprint density at radius 1 is 1.42 bits per heavy atom. The lowest BCUT2D eigenvalue weighted by Crippen LogP contribution is -2.52. The highest BCUT2D eigenvalue weighted by atomic mass is 15.2. The lowest BCUT2D eigenvalue weighted by molar-refractivity contribution is 0.0427. The maximum atomic E-state index is 6.12. The molecule has 2 fully saturated rings. The van der Waals surface area contributed by atoms with Crippen molar-refractivity contribution in [1.29, 1.82) is 0 Å². The fourth-order valence-corrected chi connectivity index (χ4v) is 3.06. The molecule has 2 aliphatic rings. The van der Waals surface area contributed by atoms with Crippen molar-refractivity contribution >= 4 is 0 Å². The molecule has 1 saturated carbocycles. The van der Waals surface area contributed by atoms with Gasteiger partial charge in [0.05, 0.1) is 0 Å². The van der Waals surface area contributed by atoms with E-state index in [0.29, 0.717) is 17.5 Å². The number of likely N-dealkylation sites (N-methyl/N-ethyl adjacent to an activating group) is 1. The van der Waals surface area contributed by atoms with E-state index in [1.807, 2.05) is 0 Å². The van der Waals surface area contributed by atoms with Crippen molar-refractivity contribution in [3.63, 3.8) is 0 Å². The monoisotopic (exact) mass is 168 g/mol. The van der Waals surface area contributed by atoms with Gasteiger partial charge in [-0.3, -0.25) is 0 Å². The molecule has 70 valence electrons. The third kappa shape index (κ3) is 1.09. The lowest BCUT2D eigenvalue weighted by Gasteiger charge is -2.47. The van der Waals surface area contributed by atoms with Gasteiger partial charge in [0, 0.05) is 12.1 Å². The standard InChI is InChI=1S/C10H20N2/c1-10(5-3-6-10)9-8(11)4-7-12(9)2/h8-9H,3-7,11H2,1-2H3. The Morgan fingerprint density at radius 2 is 2.08 bits per heavy atom. The van der Waals surface area contributed by atoms with E-state index < -0.39 is 0 Å². The molecule has 2 unspecified atom stereocenters. The van der Waals surface area contributed by atoms with Crippen LogP contribution in [0.1, 0.15) is 32.6 Å². The van der Waals surface area contributed by atoms with E-state index >= 15 is 0 Å². The summed E-state index contributed by atoms with van der Waals surface area (Å²) in [4.78, 5) is 2.46. The molecular weight excluding hydrogens is 148 g/mol. The topological polar surface area (TPSA) is 29.3 Å². The van der Waals surface area contributed by atoms with Gasteiger partial charge in [-0.15, -0.1) is 0 Å². The van der Waals surface area contributed by atoms with Crippen LogP contribution in [-0.4, -0.2) is 30.6 Å². The van der Waals surface area contributed by atoms with E-state index in [9.17, 15) is 0 Å². The van der Waals surface area contributed by atoms with Crippen LogP contribution in [0.25, 0.3) is 0 Å². The van der Waals surface area contributed by atoms with E-state index in [1.54, 1.807) is 0 Å². The number of likely N-dealkylation sites (tertiary alicyclic amines) is 1. The smallest absolute Gasteiger partial charge is 0.0298 e. The van der Waals surface area contributed by atoms with E-state index in [1.165, 1.54) is 32.2 Å². The molecular formula is C10H20N2. The Morgan fingerprint density at radius 3 is 2.42 bits per heavy atom. The molecule has 2 nitrogen and oxygen atoms in total. The van der Waals surface area contributed by atoms with Crippen LogP contribution in [0.5, 0.6) is 0 Å². The summed E-state index contributed by atoms with van der Waals surface area (Å²) in [5, 5.41) is 0. The third-order valence-corrected chi connectivity index (χ3v) is 3.91. The maximum absolute atomic E-state index is 6.12. The summed E-state index contributed by atoms with van der Waals surface area (Å²) in [5.41, 5.74) is 6.67. The second-order valence-corrected chi connectivity index (χ2v) is 4.89. The highest BCUT2D eigenvalue weighted by Gasteiger charge is 2.46. The van der Waals surface area contributed by atoms with Crippen LogP contribution in [0.15, 0.2) is 0 Å². The fourth-order valence-electron chi connectivity index (χ4n) is 3.06. The Hall–Kier alpha value is -0.0800. The molecule has 0 spiro atoms. The van der Waals surface area contributed by atoms with E-state index in [4.69, 9.17) is 5.73 Å². The number of hydrogen-bond donors (Lipinski definition) is 1. The minimum atomic E-state index is 0.431. The molecule has 2 heteroatoms. The van der Waals surface area contributed by atoms with Gasteiger partial charge in [0.2, 0.25) is 0 Å². The maximum Gasteiger partial charge on any atom is 0.0298 e. The Kier molecular flexibility index (Phi) is 1.92. The SMILES string of the molecule is CN1CCC(N)C1C1(C)CCC1. The van der Waals surface area contributed by atoms with Gasteiger partial charge in [-0.05, 0) is 38.3 Å². The van der Waals surface area contributed by atoms with Gasteiger partial charge in [0.25, 0.3) is 0 Å². The Bertz CT molecular complexity index is 165. The number of hydrogen-bond acceptors (Lipinski definition) is 2. The van der Waals surface area contributed by atoms with Crippen LogP contribution in [0.2, 0.25) is 0 Å². The fraction of sp³-hybridized carbons (Fsp3) is 1.00. The van der Waals surface area contributed by atoms with Crippen molar-refractivity contribution in [2.24, 2.45) is 11.1 Å². The summed E-state index contributed by atoms with van der Waals surface area (Å²) >= 11 is 0. The van der Waals surface area contributed by atoms with Crippen LogP contribution in [0, 0.1) is 5.41 Å². The third-order valence-electron chi connectivity index (χ3n) is 3.91. The van der Waals surface area contributed by atoms with Crippen molar-refractivity contribution in [1.82, 2.24) is 4.90 Å². The zero-order valence-corrected chi connectivity index (χ0v) is 8.21. The number of rotatable bonds is 1. The molecule has 0 aromatic carbocycles. The van der Waals surface area contributed by atoms with Crippen LogP contribution >= 0.6 is 0 Å². The predicted octanol–water partition coefficient (Wildman–Crippen LogP) is 1.21. The van der Waals surface area contributed by atoms with Gasteiger partial charge < -0.3 is 10.6 Å². The predicted molar refractivity (Wildman–Crippen MR) is 51.0 cm³/mol. The normalized spacial score (nSPS) is 41.2. The summed E-state index contributed by atoms with van der Waals surface area (Å²) in [6.07, 6.45) is 5.37. The van der Waals surface area contributed by atoms with Gasteiger partial charge in [-0.1, -0.05) is 13.3 Å². The minimum Gasteiger partial charge on any atom is -0.326 e. The molecule has 1 aliphatic heterocycles. The zero-order chi connectivity index (χ0) is 8.77. The van der Waals surface area contributed by atoms with Crippen LogP contribution < -0.4 is 5.73 Å². The summed E-state index contributed by atoms with van der Waals surface area (Å²) in [6.45, 7) is 3.60. The van der Waals surface area contributed by atoms with Crippen molar-refractivity contribution in [3.05, 3.63) is 0 Å². The first-order valence-corrected chi connectivity index (χ1v) is 5.09. The summed E-state index contributed by atoms with van der Waals surface area (Å²) in [5.74, 6) is 0. The highest BCUT2D eigenvalue weighted by Crippen LogP contribution is 2.47. The molecule has 0 radical (unpaired) electrons. The average Bonchev–Trinajstić information content (AvgIpc) is 2.27. The molecule has 0 amide bonds. The van der Waals surface area contributed by atoms with Gasteiger partial charge in [0.15, 0.2) is 0 Å². The zero-order valence-electron chi connectivity index (χ0n) is 8.21. The highest BCUT2D eigenvalue weighted by molar-refractivity contribution is 5.02. The average molecular weight is 168 g/mol. The van der Waals surface area contributed by atoms with Crippen LogP contribution in [-0.2, 0) is 0 Å². The molecule has 2 N–H and O–H groups in total. The lowest BCUT2D eigenvalue weighted by atomic mass is 9.64. The molecule has 0 aromatic rings.